The van der Waals surface area contributed by atoms with Crippen LogP contribution in [-0.2, 0) is 30.9 Å². The van der Waals surface area contributed by atoms with Gasteiger partial charge in [-0.05, 0) is 42.7 Å². The summed E-state index contributed by atoms with van der Waals surface area (Å²) in [5.74, 6) is -1.44. The number of hydrogen-bond acceptors (Lipinski definition) is 6. The summed E-state index contributed by atoms with van der Waals surface area (Å²) in [4.78, 5) is 18.3. The molecule has 1 saturated heterocycles. The van der Waals surface area contributed by atoms with E-state index in [2.05, 4.69) is 12.1 Å². The molecule has 0 spiro atoms. The first-order valence-corrected chi connectivity index (χ1v) is 13.0. The summed E-state index contributed by atoms with van der Waals surface area (Å²) in [5, 5.41) is 0. The van der Waals surface area contributed by atoms with Crippen molar-refractivity contribution >= 4 is 15.9 Å². The molecular formula is C25H30F2N2O6S. The quantitative estimate of drug-likeness (QED) is 0.398. The van der Waals surface area contributed by atoms with Crippen LogP contribution in [0, 0.1) is 0 Å². The number of benzene rings is 2. The Morgan fingerprint density at radius 1 is 1.17 bits per heavy atom. The maximum atomic E-state index is 14.1. The molecule has 0 saturated carbocycles. The highest BCUT2D eigenvalue weighted by atomic mass is 32.2. The molecule has 11 heteroatoms. The van der Waals surface area contributed by atoms with Crippen molar-refractivity contribution < 1.29 is 36.3 Å². The standard InChI is InChI=1S/C25H30F2N2O6S/c1-19(27)17-23(25(30)28-35-24-9-5-6-15-34-24)29(18-20-7-3-2-4-8-20)36(31,32)22-12-10-21(11-13-22)33-16-14-26/h2-4,7-8,10-13,23-24H,1,5-6,9,14-18H2,(H,28,30)/t23-,24?/m0/s1. The van der Waals surface area contributed by atoms with E-state index in [1.165, 1.54) is 24.3 Å². The molecule has 2 aromatic rings. The summed E-state index contributed by atoms with van der Waals surface area (Å²) in [7, 11) is -4.32. The topological polar surface area (TPSA) is 94.2 Å². The van der Waals surface area contributed by atoms with Gasteiger partial charge in [-0.25, -0.2) is 27.5 Å². The van der Waals surface area contributed by atoms with E-state index in [-0.39, 0.29) is 23.8 Å². The molecule has 1 heterocycles. The number of alkyl halides is 1. The molecule has 3 rings (SSSR count). The second kappa shape index (κ2) is 13.4. The van der Waals surface area contributed by atoms with Crippen LogP contribution in [0.3, 0.4) is 0 Å². The minimum Gasteiger partial charge on any atom is -0.491 e. The number of halogens is 2. The summed E-state index contributed by atoms with van der Waals surface area (Å²) in [6.45, 7) is 2.63. The minimum absolute atomic E-state index is 0.148. The molecule has 36 heavy (non-hydrogen) atoms. The number of carbonyl (C=O) groups excluding carboxylic acids is 1. The van der Waals surface area contributed by atoms with Gasteiger partial charge in [0.2, 0.25) is 10.0 Å². The highest BCUT2D eigenvalue weighted by Crippen LogP contribution is 2.26. The minimum atomic E-state index is -4.32. The average Bonchev–Trinajstić information content (AvgIpc) is 2.89. The molecule has 1 fully saturated rings. The lowest BCUT2D eigenvalue weighted by Gasteiger charge is -2.30. The van der Waals surface area contributed by atoms with Gasteiger partial charge in [0.25, 0.3) is 5.91 Å². The third-order valence-corrected chi connectivity index (χ3v) is 7.32. The van der Waals surface area contributed by atoms with Gasteiger partial charge in [0, 0.05) is 26.0 Å². The number of rotatable bonds is 13. The van der Waals surface area contributed by atoms with Gasteiger partial charge in [0.1, 0.15) is 25.1 Å². The van der Waals surface area contributed by atoms with Gasteiger partial charge in [0.15, 0.2) is 6.29 Å². The monoisotopic (exact) mass is 524 g/mol. The van der Waals surface area contributed by atoms with Crippen LogP contribution in [0.4, 0.5) is 8.78 Å². The number of nitrogens with one attached hydrogen (secondary N) is 1. The van der Waals surface area contributed by atoms with Crippen LogP contribution in [0.25, 0.3) is 0 Å². The molecule has 0 radical (unpaired) electrons. The van der Waals surface area contributed by atoms with Crippen molar-refractivity contribution in [3.8, 4) is 5.75 Å². The Bertz CT molecular complexity index is 1090. The van der Waals surface area contributed by atoms with E-state index in [0.29, 0.717) is 18.6 Å². The van der Waals surface area contributed by atoms with Crippen molar-refractivity contribution in [3.05, 3.63) is 72.6 Å². The fourth-order valence-electron chi connectivity index (χ4n) is 3.66. The first-order chi connectivity index (χ1) is 17.3. The predicted molar refractivity (Wildman–Crippen MR) is 129 cm³/mol. The number of nitrogens with zero attached hydrogens (tertiary/aromatic N) is 1. The maximum Gasteiger partial charge on any atom is 0.262 e. The molecule has 1 N–H and O–H groups in total. The molecule has 0 aliphatic carbocycles. The average molecular weight is 525 g/mol. The number of ether oxygens (including phenoxy) is 2. The van der Waals surface area contributed by atoms with Gasteiger partial charge in [-0.3, -0.25) is 4.79 Å². The maximum absolute atomic E-state index is 14.1. The molecule has 1 aliphatic rings. The Hall–Kier alpha value is -2.86. The zero-order chi connectivity index (χ0) is 26.0. The molecule has 8 nitrogen and oxygen atoms in total. The van der Waals surface area contributed by atoms with E-state index < -0.39 is 47.2 Å². The van der Waals surface area contributed by atoms with E-state index in [1.54, 1.807) is 30.3 Å². The predicted octanol–water partition coefficient (Wildman–Crippen LogP) is 4.04. The molecule has 1 amide bonds. The van der Waals surface area contributed by atoms with Crippen molar-refractivity contribution in [2.45, 2.75) is 49.5 Å². The molecule has 1 aliphatic heterocycles. The molecule has 2 aromatic carbocycles. The lowest BCUT2D eigenvalue weighted by atomic mass is 10.1. The Morgan fingerprint density at radius 3 is 2.50 bits per heavy atom. The zero-order valence-corrected chi connectivity index (χ0v) is 20.6. The summed E-state index contributed by atoms with van der Waals surface area (Å²) in [5.41, 5.74) is 2.83. The van der Waals surface area contributed by atoms with Gasteiger partial charge >= 0.3 is 0 Å². The SMILES string of the molecule is C=C(F)C[C@@H](C(=O)NOC1CCCCO1)N(Cc1ccccc1)S(=O)(=O)c1ccc(OCCF)cc1. The lowest BCUT2D eigenvalue weighted by molar-refractivity contribution is -0.202. The molecule has 196 valence electrons. The van der Waals surface area contributed by atoms with Crippen molar-refractivity contribution in [2.24, 2.45) is 0 Å². The second-order valence-electron chi connectivity index (χ2n) is 8.16. The van der Waals surface area contributed by atoms with Crippen LogP contribution < -0.4 is 10.2 Å². The fourth-order valence-corrected chi connectivity index (χ4v) is 5.23. The van der Waals surface area contributed by atoms with Crippen molar-refractivity contribution in [2.75, 3.05) is 19.9 Å². The van der Waals surface area contributed by atoms with Crippen LogP contribution in [-0.4, -0.2) is 50.9 Å². The van der Waals surface area contributed by atoms with Crippen molar-refractivity contribution in [3.63, 3.8) is 0 Å². The van der Waals surface area contributed by atoms with Crippen LogP contribution in [0.2, 0.25) is 0 Å². The molecule has 2 atom stereocenters. The largest absolute Gasteiger partial charge is 0.491 e. The van der Waals surface area contributed by atoms with Crippen LogP contribution >= 0.6 is 0 Å². The van der Waals surface area contributed by atoms with E-state index in [1.807, 2.05) is 0 Å². The van der Waals surface area contributed by atoms with Gasteiger partial charge in [-0.2, -0.15) is 4.31 Å². The van der Waals surface area contributed by atoms with E-state index in [0.717, 1.165) is 17.1 Å². The Kier molecular flexibility index (Phi) is 10.4. The Morgan fingerprint density at radius 2 is 1.89 bits per heavy atom. The first kappa shape index (κ1) is 27.7. The number of hydrogen-bond donors (Lipinski definition) is 1. The third-order valence-electron chi connectivity index (χ3n) is 5.45. The van der Waals surface area contributed by atoms with E-state index in [9.17, 15) is 22.0 Å². The Balaban J connectivity index is 1.91. The van der Waals surface area contributed by atoms with Crippen molar-refractivity contribution in [1.29, 1.82) is 0 Å². The molecule has 1 unspecified atom stereocenters. The number of sulfonamides is 1. The summed E-state index contributed by atoms with van der Waals surface area (Å²) in [6, 6.07) is 12.4. The summed E-state index contributed by atoms with van der Waals surface area (Å²) in [6.07, 6.45) is 1.03. The van der Waals surface area contributed by atoms with Gasteiger partial charge in [-0.15, -0.1) is 0 Å². The lowest BCUT2D eigenvalue weighted by Crippen LogP contribution is -2.50. The fraction of sp³-hybridized carbons (Fsp3) is 0.400. The third kappa shape index (κ3) is 7.82. The van der Waals surface area contributed by atoms with Gasteiger partial charge in [0.05, 0.1) is 10.7 Å². The summed E-state index contributed by atoms with van der Waals surface area (Å²) < 4.78 is 65.4. The van der Waals surface area contributed by atoms with Gasteiger partial charge < -0.3 is 9.47 Å². The Labute approximate surface area is 209 Å². The zero-order valence-electron chi connectivity index (χ0n) is 19.8. The summed E-state index contributed by atoms with van der Waals surface area (Å²) >= 11 is 0. The van der Waals surface area contributed by atoms with Crippen LogP contribution in [0.1, 0.15) is 31.2 Å². The smallest absolute Gasteiger partial charge is 0.262 e. The van der Waals surface area contributed by atoms with Crippen molar-refractivity contribution in [1.82, 2.24) is 9.79 Å². The molecule has 0 bridgehead atoms. The van der Waals surface area contributed by atoms with E-state index in [4.69, 9.17) is 14.3 Å². The van der Waals surface area contributed by atoms with Gasteiger partial charge in [-0.1, -0.05) is 36.9 Å². The second-order valence-corrected chi connectivity index (χ2v) is 10.1. The number of amides is 1. The number of carbonyl (C=O) groups is 1. The normalized spacial score (nSPS) is 16.9. The first-order valence-electron chi connectivity index (χ1n) is 11.6. The molecule has 0 aromatic heterocycles. The van der Waals surface area contributed by atoms with Crippen LogP contribution in [0.15, 0.2) is 71.9 Å². The highest BCUT2D eigenvalue weighted by molar-refractivity contribution is 7.89. The number of hydroxylamine groups is 1. The molecular weight excluding hydrogens is 494 g/mol. The van der Waals surface area contributed by atoms with Crippen LogP contribution in [0.5, 0.6) is 5.75 Å². The highest BCUT2D eigenvalue weighted by Gasteiger charge is 2.37. The van der Waals surface area contributed by atoms with E-state index >= 15 is 0 Å².